The summed E-state index contributed by atoms with van der Waals surface area (Å²) in [6.45, 7) is 10.6. The Morgan fingerprint density at radius 2 is 1.81 bits per heavy atom. The van der Waals surface area contributed by atoms with Crippen molar-refractivity contribution in [2.75, 3.05) is 26.7 Å². The van der Waals surface area contributed by atoms with Crippen molar-refractivity contribution in [1.29, 1.82) is 0 Å². The van der Waals surface area contributed by atoms with Crippen LogP contribution in [0.3, 0.4) is 0 Å². The molecule has 0 spiro atoms. The lowest BCUT2D eigenvalue weighted by Gasteiger charge is -2.31. The molecular formula is C14H30N2. The molecule has 0 aromatic heterocycles. The molecule has 1 N–H and O–H groups in total. The smallest absolute Gasteiger partial charge is 0.0220 e. The Morgan fingerprint density at radius 1 is 1.19 bits per heavy atom. The highest BCUT2D eigenvalue weighted by atomic mass is 15.1. The first-order valence-electron chi connectivity index (χ1n) is 7.07. The lowest BCUT2D eigenvalue weighted by molar-refractivity contribution is 0.203. The molecule has 2 heteroatoms. The minimum absolute atomic E-state index is 0.709. The van der Waals surface area contributed by atoms with Crippen molar-refractivity contribution in [1.82, 2.24) is 10.2 Å². The van der Waals surface area contributed by atoms with Gasteiger partial charge in [0.1, 0.15) is 0 Å². The first kappa shape index (κ1) is 14.0. The molecule has 1 atom stereocenters. The van der Waals surface area contributed by atoms with Crippen molar-refractivity contribution in [2.45, 2.75) is 52.5 Å². The zero-order chi connectivity index (χ0) is 12.0. The van der Waals surface area contributed by atoms with Gasteiger partial charge in [0.2, 0.25) is 0 Å². The van der Waals surface area contributed by atoms with Gasteiger partial charge >= 0.3 is 0 Å². The number of hydrogen-bond donors (Lipinski definition) is 1. The van der Waals surface area contributed by atoms with E-state index in [1.54, 1.807) is 0 Å². The number of rotatable bonds is 7. The molecule has 0 aromatic rings. The van der Waals surface area contributed by atoms with E-state index in [1.165, 1.54) is 45.3 Å². The zero-order valence-electron chi connectivity index (χ0n) is 11.6. The van der Waals surface area contributed by atoms with Gasteiger partial charge in [0.05, 0.1) is 0 Å². The fourth-order valence-electron chi connectivity index (χ4n) is 2.96. The topological polar surface area (TPSA) is 15.3 Å². The molecule has 0 amide bonds. The minimum Gasteiger partial charge on any atom is -0.315 e. The summed E-state index contributed by atoms with van der Waals surface area (Å²) in [5.41, 5.74) is 0. The minimum atomic E-state index is 0.709. The van der Waals surface area contributed by atoms with Crippen LogP contribution >= 0.6 is 0 Å². The summed E-state index contributed by atoms with van der Waals surface area (Å²) in [5, 5.41) is 3.54. The van der Waals surface area contributed by atoms with Gasteiger partial charge < -0.3 is 10.2 Å². The largest absolute Gasteiger partial charge is 0.315 e. The Bertz CT molecular complexity index is 174. The molecule has 0 radical (unpaired) electrons. The maximum absolute atomic E-state index is 3.54. The predicted molar refractivity (Wildman–Crippen MR) is 71.8 cm³/mol. The molecule has 1 aliphatic rings. The summed E-state index contributed by atoms with van der Waals surface area (Å²) < 4.78 is 0. The third-order valence-corrected chi connectivity index (χ3v) is 3.87. The van der Waals surface area contributed by atoms with Gasteiger partial charge in [0.15, 0.2) is 0 Å². The third kappa shape index (κ3) is 4.42. The van der Waals surface area contributed by atoms with Gasteiger partial charge in [0.25, 0.3) is 0 Å². The summed E-state index contributed by atoms with van der Waals surface area (Å²) in [4.78, 5) is 2.60. The van der Waals surface area contributed by atoms with Crippen molar-refractivity contribution >= 4 is 0 Å². The van der Waals surface area contributed by atoms with E-state index in [0.717, 1.165) is 11.8 Å². The molecule has 1 unspecified atom stereocenters. The Kier molecular flexibility index (Phi) is 6.37. The molecule has 1 saturated carbocycles. The van der Waals surface area contributed by atoms with Crippen LogP contribution in [0.15, 0.2) is 0 Å². The highest BCUT2D eigenvalue weighted by Crippen LogP contribution is 2.28. The molecule has 1 fully saturated rings. The van der Waals surface area contributed by atoms with Crippen molar-refractivity contribution < 1.29 is 0 Å². The van der Waals surface area contributed by atoms with Gasteiger partial charge in [-0.05, 0) is 38.3 Å². The van der Waals surface area contributed by atoms with Crippen molar-refractivity contribution in [3.8, 4) is 0 Å². The number of nitrogens with one attached hydrogen (secondary N) is 1. The van der Waals surface area contributed by atoms with Crippen LogP contribution in [-0.4, -0.2) is 37.6 Å². The standard InChI is InChI=1S/C14H30N2/c1-5-16(10-12(2)3)11-14(15-4)13-8-6-7-9-13/h12-15H,5-11H2,1-4H3. The molecular weight excluding hydrogens is 196 g/mol. The molecule has 0 aromatic carbocycles. The van der Waals surface area contributed by atoms with Crippen LogP contribution in [-0.2, 0) is 0 Å². The first-order valence-corrected chi connectivity index (χ1v) is 7.07. The Balaban J connectivity index is 2.39. The van der Waals surface area contributed by atoms with E-state index in [9.17, 15) is 0 Å². The van der Waals surface area contributed by atoms with Gasteiger partial charge in [-0.3, -0.25) is 0 Å². The fraction of sp³-hybridized carbons (Fsp3) is 1.00. The molecule has 1 aliphatic carbocycles. The van der Waals surface area contributed by atoms with Crippen molar-refractivity contribution in [2.24, 2.45) is 11.8 Å². The summed E-state index contributed by atoms with van der Waals surface area (Å²) in [7, 11) is 2.13. The molecule has 0 heterocycles. The Labute approximate surface area is 102 Å². The van der Waals surface area contributed by atoms with Crippen molar-refractivity contribution in [3.63, 3.8) is 0 Å². The number of likely N-dealkylation sites (N-methyl/N-ethyl adjacent to an activating group) is 2. The second kappa shape index (κ2) is 7.29. The summed E-state index contributed by atoms with van der Waals surface area (Å²) in [5.74, 6) is 1.70. The quantitative estimate of drug-likeness (QED) is 0.718. The molecule has 0 aliphatic heterocycles. The Hall–Kier alpha value is -0.0800. The van der Waals surface area contributed by atoms with Crippen LogP contribution in [0.1, 0.15) is 46.5 Å². The van der Waals surface area contributed by atoms with Crippen LogP contribution in [0.5, 0.6) is 0 Å². The van der Waals surface area contributed by atoms with Crippen LogP contribution in [0.25, 0.3) is 0 Å². The van der Waals surface area contributed by atoms with Gasteiger partial charge in [-0.15, -0.1) is 0 Å². The van der Waals surface area contributed by atoms with E-state index in [4.69, 9.17) is 0 Å². The predicted octanol–water partition coefficient (Wildman–Crippen LogP) is 2.74. The molecule has 1 rings (SSSR count). The van der Waals surface area contributed by atoms with E-state index >= 15 is 0 Å². The summed E-state index contributed by atoms with van der Waals surface area (Å²) >= 11 is 0. The summed E-state index contributed by atoms with van der Waals surface area (Å²) in [6, 6.07) is 0.709. The lowest BCUT2D eigenvalue weighted by Crippen LogP contribution is -2.44. The average molecular weight is 226 g/mol. The van der Waals surface area contributed by atoms with E-state index in [-0.39, 0.29) is 0 Å². The van der Waals surface area contributed by atoms with Crippen LogP contribution in [0.4, 0.5) is 0 Å². The zero-order valence-corrected chi connectivity index (χ0v) is 11.6. The van der Waals surface area contributed by atoms with Gasteiger partial charge in [0, 0.05) is 19.1 Å². The second-order valence-corrected chi connectivity index (χ2v) is 5.69. The maximum Gasteiger partial charge on any atom is 0.0220 e. The van der Waals surface area contributed by atoms with E-state index in [0.29, 0.717) is 6.04 Å². The molecule has 96 valence electrons. The van der Waals surface area contributed by atoms with E-state index < -0.39 is 0 Å². The Morgan fingerprint density at radius 3 is 2.25 bits per heavy atom. The first-order chi connectivity index (χ1) is 7.67. The molecule has 0 bridgehead atoms. The van der Waals surface area contributed by atoms with Crippen LogP contribution in [0.2, 0.25) is 0 Å². The van der Waals surface area contributed by atoms with Crippen LogP contribution < -0.4 is 5.32 Å². The lowest BCUT2D eigenvalue weighted by atomic mass is 9.97. The summed E-state index contributed by atoms with van der Waals surface area (Å²) in [6.07, 6.45) is 5.76. The highest BCUT2D eigenvalue weighted by Gasteiger charge is 2.25. The number of nitrogens with zero attached hydrogens (tertiary/aromatic N) is 1. The van der Waals surface area contributed by atoms with Crippen LogP contribution in [0, 0.1) is 11.8 Å². The molecule has 0 saturated heterocycles. The average Bonchev–Trinajstić information content (AvgIpc) is 2.76. The SMILES string of the molecule is CCN(CC(C)C)CC(NC)C1CCCC1. The number of hydrogen-bond acceptors (Lipinski definition) is 2. The van der Waals surface area contributed by atoms with Gasteiger partial charge in [-0.1, -0.05) is 33.6 Å². The maximum atomic E-state index is 3.54. The normalized spacial score (nSPS) is 19.9. The van der Waals surface area contributed by atoms with Gasteiger partial charge in [-0.2, -0.15) is 0 Å². The van der Waals surface area contributed by atoms with Gasteiger partial charge in [-0.25, -0.2) is 0 Å². The highest BCUT2D eigenvalue weighted by molar-refractivity contribution is 4.82. The third-order valence-electron chi connectivity index (χ3n) is 3.87. The van der Waals surface area contributed by atoms with E-state index in [1.807, 2.05) is 0 Å². The second-order valence-electron chi connectivity index (χ2n) is 5.69. The molecule has 16 heavy (non-hydrogen) atoms. The monoisotopic (exact) mass is 226 g/mol. The van der Waals surface area contributed by atoms with Crippen molar-refractivity contribution in [3.05, 3.63) is 0 Å². The fourth-order valence-corrected chi connectivity index (χ4v) is 2.96. The van der Waals surface area contributed by atoms with E-state index in [2.05, 4.69) is 38.0 Å². The molecule has 2 nitrogen and oxygen atoms in total.